The van der Waals surface area contributed by atoms with Crippen molar-refractivity contribution >= 4 is 11.5 Å². The fourth-order valence-corrected chi connectivity index (χ4v) is 1.62. The minimum Gasteiger partial charge on any atom is -0.479 e. The van der Waals surface area contributed by atoms with E-state index in [1.165, 1.54) is 0 Å². The van der Waals surface area contributed by atoms with Crippen LogP contribution in [0.25, 0.3) is 0 Å². The van der Waals surface area contributed by atoms with E-state index in [0.29, 0.717) is 17.4 Å². The first-order chi connectivity index (χ1) is 8.95. The average molecular weight is 267 g/mol. The van der Waals surface area contributed by atoms with E-state index in [1.54, 1.807) is 7.11 Å². The number of nitrogens with one attached hydrogen (secondary N) is 1. The highest BCUT2D eigenvalue weighted by molar-refractivity contribution is 5.66. The Kier molecular flexibility index (Phi) is 5.82. The molecule has 0 aliphatic rings. The van der Waals surface area contributed by atoms with E-state index in [0.717, 1.165) is 25.3 Å². The summed E-state index contributed by atoms with van der Waals surface area (Å²) < 4.78 is 5.20. The largest absolute Gasteiger partial charge is 0.479 e. The van der Waals surface area contributed by atoms with Gasteiger partial charge in [0.25, 0.3) is 0 Å². The number of nitrogen functional groups attached to an aromatic ring is 1. The highest BCUT2D eigenvalue weighted by Crippen LogP contribution is 2.27. The number of anilines is 2. The SMILES string of the molecule is COc1nc(C(C)C)nc(NCCCN(C)C)c1N. The lowest BCUT2D eigenvalue weighted by atomic mass is 10.2. The molecule has 3 N–H and O–H groups in total. The lowest BCUT2D eigenvalue weighted by Gasteiger charge is -2.15. The zero-order chi connectivity index (χ0) is 14.4. The van der Waals surface area contributed by atoms with Gasteiger partial charge in [-0.15, -0.1) is 0 Å². The monoisotopic (exact) mass is 267 g/mol. The Labute approximate surface area is 115 Å². The molecule has 0 aliphatic heterocycles. The van der Waals surface area contributed by atoms with Gasteiger partial charge in [0.15, 0.2) is 5.82 Å². The molecule has 19 heavy (non-hydrogen) atoms. The second kappa shape index (κ2) is 7.13. The van der Waals surface area contributed by atoms with Crippen molar-refractivity contribution in [2.75, 3.05) is 45.3 Å². The van der Waals surface area contributed by atoms with E-state index in [4.69, 9.17) is 10.5 Å². The van der Waals surface area contributed by atoms with Crippen molar-refractivity contribution in [3.8, 4) is 5.88 Å². The maximum Gasteiger partial charge on any atom is 0.242 e. The van der Waals surface area contributed by atoms with Crippen molar-refractivity contribution in [1.82, 2.24) is 14.9 Å². The third kappa shape index (κ3) is 4.55. The first-order valence-electron chi connectivity index (χ1n) is 6.55. The molecule has 0 unspecified atom stereocenters. The summed E-state index contributed by atoms with van der Waals surface area (Å²) in [5, 5.41) is 3.26. The summed E-state index contributed by atoms with van der Waals surface area (Å²) in [6.45, 7) is 5.92. The normalized spacial score (nSPS) is 11.1. The van der Waals surface area contributed by atoms with Crippen LogP contribution in [-0.2, 0) is 0 Å². The maximum absolute atomic E-state index is 5.98. The second-order valence-electron chi connectivity index (χ2n) is 5.09. The highest BCUT2D eigenvalue weighted by atomic mass is 16.5. The van der Waals surface area contributed by atoms with Gasteiger partial charge in [0.05, 0.1) is 7.11 Å². The first-order valence-corrected chi connectivity index (χ1v) is 6.55. The zero-order valence-electron chi connectivity index (χ0n) is 12.5. The molecule has 108 valence electrons. The van der Waals surface area contributed by atoms with Crippen LogP contribution in [0.1, 0.15) is 32.0 Å². The summed E-state index contributed by atoms with van der Waals surface area (Å²) in [6.07, 6.45) is 1.02. The molecule has 1 rings (SSSR count). The van der Waals surface area contributed by atoms with Crippen molar-refractivity contribution in [1.29, 1.82) is 0 Å². The Balaban J connectivity index is 2.78. The summed E-state index contributed by atoms with van der Waals surface area (Å²) in [7, 11) is 5.68. The van der Waals surface area contributed by atoms with Crippen molar-refractivity contribution in [2.45, 2.75) is 26.2 Å². The lowest BCUT2D eigenvalue weighted by molar-refractivity contribution is 0.396. The molecule has 1 aromatic rings. The minimum absolute atomic E-state index is 0.233. The van der Waals surface area contributed by atoms with Crippen molar-refractivity contribution in [2.24, 2.45) is 0 Å². The smallest absolute Gasteiger partial charge is 0.242 e. The van der Waals surface area contributed by atoms with E-state index in [9.17, 15) is 0 Å². The molecule has 0 spiro atoms. The molecule has 0 aliphatic carbocycles. The average Bonchev–Trinajstić information content (AvgIpc) is 2.35. The fourth-order valence-electron chi connectivity index (χ4n) is 1.62. The zero-order valence-corrected chi connectivity index (χ0v) is 12.5. The Morgan fingerprint density at radius 1 is 1.32 bits per heavy atom. The van der Waals surface area contributed by atoms with E-state index in [1.807, 2.05) is 13.8 Å². The third-order valence-corrected chi connectivity index (χ3v) is 2.71. The number of nitrogens with zero attached hydrogens (tertiary/aromatic N) is 3. The molecular formula is C13H25N5O. The van der Waals surface area contributed by atoms with Gasteiger partial charge >= 0.3 is 0 Å². The van der Waals surface area contributed by atoms with Crippen LogP contribution in [0.4, 0.5) is 11.5 Å². The Morgan fingerprint density at radius 3 is 2.53 bits per heavy atom. The molecule has 0 aromatic carbocycles. The van der Waals surface area contributed by atoms with Gasteiger partial charge in [-0.25, -0.2) is 4.98 Å². The standard InChI is InChI=1S/C13H25N5O/c1-9(2)11-16-12(10(14)13(17-11)19-5)15-7-6-8-18(3)4/h9H,6-8,14H2,1-5H3,(H,15,16,17). The quantitative estimate of drug-likeness (QED) is 0.730. The number of hydrogen-bond donors (Lipinski definition) is 2. The molecule has 1 aromatic heterocycles. The van der Waals surface area contributed by atoms with Gasteiger partial charge in [-0.05, 0) is 27.1 Å². The van der Waals surface area contributed by atoms with Gasteiger partial charge < -0.3 is 20.7 Å². The topological polar surface area (TPSA) is 76.3 Å². The lowest BCUT2D eigenvalue weighted by Crippen LogP contribution is -2.17. The van der Waals surface area contributed by atoms with Crippen molar-refractivity contribution in [3.05, 3.63) is 5.82 Å². The molecule has 0 fully saturated rings. The van der Waals surface area contributed by atoms with Crippen LogP contribution in [0.5, 0.6) is 5.88 Å². The van der Waals surface area contributed by atoms with Gasteiger partial charge in [-0.3, -0.25) is 0 Å². The fraction of sp³-hybridized carbons (Fsp3) is 0.692. The molecule has 1 heterocycles. The summed E-state index contributed by atoms with van der Waals surface area (Å²) in [5.74, 6) is 2.07. The minimum atomic E-state index is 0.233. The Hall–Kier alpha value is -1.56. The molecule has 0 saturated heterocycles. The number of aromatic nitrogens is 2. The van der Waals surface area contributed by atoms with Crippen molar-refractivity contribution in [3.63, 3.8) is 0 Å². The molecule has 6 heteroatoms. The number of nitrogens with two attached hydrogens (primary N) is 1. The van der Waals surface area contributed by atoms with E-state index >= 15 is 0 Å². The van der Waals surface area contributed by atoms with Crippen LogP contribution >= 0.6 is 0 Å². The van der Waals surface area contributed by atoms with Crippen LogP contribution in [0.2, 0.25) is 0 Å². The maximum atomic E-state index is 5.98. The molecule has 0 bridgehead atoms. The molecule has 0 saturated carbocycles. The third-order valence-electron chi connectivity index (χ3n) is 2.71. The van der Waals surface area contributed by atoms with E-state index in [2.05, 4.69) is 34.3 Å². The molecule has 0 amide bonds. The van der Waals surface area contributed by atoms with E-state index < -0.39 is 0 Å². The van der Waals surface area contributed by atoms with Gasteiger partial charge in [0.2, 0.25) is 5.88 Å². The predicted octanol–water partition coefficient (Wildman–Crippen LogP) is 1.55. The van der Waals surface area contributed by atoms with Crippen molar-refractivity contribution < 1.29 is 4.74 Å². The number of hydrogen-bond acceptors (Lipinski definition) is 6. The highest BCUT2D eigenvalue weighted by Gasteiger charge is 2.13. The van der Waals surface area contributed by atoms with Crippen LogP contribution in [-0.4, -0.2) is 49.2 Å². The number of methoxy groups -OCH3 is 1. The van der Waals surface area contributed by atoms with Gasteiger partial charge in [0, 0.05) is 12.5 Å². The van der Waals surface area contributed by atoms with Gasteiger partial charge in [-0.1, -0.05) is 13.8 Å². The predicted molar refractivity (Wildman–Crippen MR) is 78.7 cm³/mol. The summed E-state index contributed by atoms with van der Waals surface area (Å²) in [4.78, 5) is 10.9. The summed E-state index contributed by atoms with van der Waals surface area (Å²) >= 11 is 0. The molecule has 0 atom stereocenters. The first kappa shape index (κ1) is 15.5. The molecule has 6 nitrogen and oxygen atoms in total. The summed E-state index contributed by atoms with van der Waals surface area (Å²) in [5.41, 5.74) is 6.45. The van der Waals surface area contributed by atoms with Gasteiger partial charge in [-0.2, -0.15) is 4.98 Å². The molecule has 0 radical (unpaired) electrons. The van der Waals surface area contributed by atoms with Crippen LogP contribution in [0.3, 0.4) is 0 Å². The van der Waals surface area contributed by atoms with Crippen LogP contribution in [0, 0.1) is 0 Å². The number of ether oxygens (including phenoxy) is 1. The van der Waals surface area contributed by atoms with Crippen LogP contribution < -0.4 is 15.8 Å². The molecular weight excluding hydrogens is 242 g/mol. The Bertz CT molecular complexity index is 406. The number of rotatable bonds is 7. The summed E-state index contributed by atoms with van der Waals surface area (Å²) in [6, 6.07) is 0. The van der Waals surface area contributed by atoms with Gasteiger partial charge in [0.1, 0.15) is 11.5 Å². The van der Waals surface area contributed by atoms with E-state index in [-0.39, 0.29) is 5.92 Å². The second-order valence-corrected chi connectivity index (χ2v) is 5.09. The van der Waals surface area contributed by atoms with Crippen LogP contribution in [0.15, 0.2) is 0 Å². The Morgan fingerprint density at radius 2 is 2.00 bits per heavy atom.